The molecule has 2 aliphatic heterocycles. The molecular formula is C44H37N3O2. The Morgan fingerprint density at radius 2 is 1.06 bits per heavy atom. The van der Waals surface area contributed by atoms with Crippen molar-refractivity contribution in [3.8, 4) is 27.9 Å². The normalized spacial score (nSPS) is 16.5. The molecule has 0 amide bonds. The quantitative estimate of drug-likeness (QED) is 0.188. The van der Waals surface area contributed by atoms with Crippen LogP contribution in [0.5, 0.6) is 0 Å². The molecule has 5 nitrogen and oxygen atoms in total. The summed E-state index contributed by atoms with van der Waals surface area (Å²) in [5.74, 6) is 1.42. The van der Waals surface area contributed by atoms with Gasteiger partial charge in [0.2, 0.25) is 11.8 Å². The first kappa shape index (κ1) is 29.5. The Kier molecular flexibility index (Phi) is 6.57. The maximum atomic E-state index is 6.23. The van der Waals surface area contributed by atoms with Gasteiger partial charge in [0.15, 0.2) is 0 Å². The summed E-state index contributed by atoms with van der Waals surface area (Å²) in [6, 6.07) is 45.8. The molecule has 0 fully saturated rings. The molecule has 0 aliphatic carbocycles. The summed E-state index contributed by atoms with van der Waals surface area (Å²) in [6.45, 7) is 9.64. The number of para-hydroxylation sites is 1. The van der Waals surface area contributed by atoms with Crippen molar-refractivity contribution in [1.29, 1.82) is 0 Å². The molecule has 0 spiro atoms. The number of ether oxygens (including phenoxy) is 2. The van der Waals surface area contributed by atoms with Gasteiger partial charge in [-0.25, -0.2) is 9.98 Å². The zero-order chi connectivity index (χ0) is 33.3. The van der Waals surface area contributed by atoms with Crippen molar-refractivity contribution in [3.05, 3.63) is 139 Å². The predicted octanol–water partition coefficient (Wildman–Crippen LogP) is 10.4. The third-order valence-corrected chi connectivity index (χ3v) is 9.60. The smallest absolute Gasteiger partial charge is 0.216 e. The molecule has 49 heavy (non-hydrogen) atoms. The molecular weight excluding hydrogens is 603 g/mol. The molecule has 0 saturated heterocycles. The number of fused-ring (bicyclic) bond motifs is 5. The van der Waals surface area contributed by atoms with Crippen LogP contribution in [0.15, 0.2) is 137 Å². The summed E-state index contributed by atoms with van der Waals surface area (Å²) in [5.41, 5.74) is 9.46. The lowest BCUT2D eigenvalue weighted by Gasteiger charge is -2.17. The fourth-order valence-electron chi connectivity index (χ4n) is 7.28. The topological polar surface area (TPSA) is 48.1 Å². The average molecular weight is 640 g/mol. The Morgan fingerprint density at radius 1 is 0.490 bits per heavy atom. The molecule has 7 aromatic rings. The molecule has 240 valence electrons. The number of hydrogen-bond donors (Lipinski definition) is 0. The van der Waals surface area contributed by atoms with Crippen molar-refractivity contribution in [1.82, 2.24) is 4.57 Å². The first-order chi connectivity index (χ1) is 23.7. The van der Waals surface area contributed by atoms with Gasteiger partial charge in [-0.2, -0.15) is 0 Å². The Hall–Kier alpha value is -5.68. The van der Waals surface area contributed by atoms with E-state index < -0.39 is 0 Å². The lowest BCUT2D eigenvalue weighted by atomic mass is 9.93. The van der Waals surface area contributed by atoms with Crippen molar-refractivity contribution >= 4 is 44.4 Å². The highest BCUT2D eigenvalue weighted by Gasteiger charge is 2.29. The maximum Gasteiger partial charge on any atom is 0.216 e. The van der Waals surface area contributed by atoms with Gasteiger partial charge in [-0.15, -0.1) is 0 Å². The minimum atomic E-state index is -0.289. The molecule has 0 radical (unpaired) electrons. The first-order valence-electron chi connectivity index (χ1n) is 17.0. The van der Waals surface area contributed by atoms with Crippen LogP contribution in [0.3, 0.4) is 0 Å². The number of benzene rings is 6. The molecule has 0 bridgehead atoms. The van der Waals surface area contributed by atoms with E-state index in [0.717, 1.165) is 44.5 Å². The number of aliphatic imine (C=N–C) groups is 2. The second kappa shape index (κ2) is 10.9. The van der Waals surface area contributed by atoms with E-state index in [0.29, 0.717) is 24.9 Å². The van der Waals surface area contributed by atoms with Gasteiger partial charge >= 0.3 is 0 Å². The fraction of sp³-hybridized carbons (Fsp3) is 0.182. The third kappa shape index (κ3) is 5.08. The highest BCUT2D eigenvalue weighted by Crippen LogP contribution is 2.43. The largest absolute Gasteiger partial charge is 0.469 e. The van der Waals surface area contributed by atoms with Gasteiger partial charge in [0.25, 0.3) is 0 Å². The van der Waals surface area contributed by atoms with Gasteiger partial charge in [0.05, 0.1) is 24.1 Å². The van der Waals surface area contributed by atoms with E-state index in [9.17, 15) is 0 Å². The maximum absolute atomic E-state index is 6.23. The van der Waals surface area contributed by atoms with E-state index >= 15 is 0 Å². The SMILES string of the molecule is CC1(C)CN=C(c2cccc(-c3ccc4c5c6ccccc6c(-c6cccc(C7=NCC(C)(C)O7)c6)cc5n(-c5ccccc5)c4c3)c2)O1. The Bertz CT molecular complexity index is 2500. The van der Waals surface area contributed by atoms with E-state index in [2.05, 4.69) is 160 Å². The van der Waals surface area contributed by atoms with E-state index in [-0.39, 0.29) is 11.2 Å². The number of hydrogen-bond acceptors (Lipinski definition) is 4. The Labute approximate surface area is 286 Å². The van der Waals surface area contributed by atoms with Crippen LogP contribution in [0, 0.1) is 0 Å². The predicted molar refractivity (Wildman–Crippen MR) is 202 cm³/mol. The highest BCUT2D eigenvalue weighted by atomic mass is 16.5. The second-order valence-corrected chi connectivity index (χ2v) is 14.4. The standard InChI is InChI=1S/C44H37N3O2/c1-43(2)26-45-41(48-43)31-14-10-12-28(22-31)29-20-21-36-38(24-29)47(33-16-6-5-7-17-33)39-25-37(34-18-8-9-19-35(34)40(36)39)30-13-11-15-32(23-30)42-46-27-44(3,4)49-42/h5-25H,26-27H2,1-4H3. The molecule has 0 N–H and O–H groups in total. The summed E-state index contributed by atoms with van der Waals surface area (Å²) < 4.78 is 14.8. The molecule has 5 heteroatoms. The Morgan fingerprint density at radius 3 is 1.71 bits per heavy atom. The number of nitrogens with zero attached hydrogens (tertiary/aromatic N) is 3. The van der Waals surface area contributed by atoms with Crippen molar-refractivity contribution in [2.75, 3.05) is 13.1 Å². The lowest BCUT2D eigenvalue weighted by Crippen LogP contribution is -2.24. The van der Waals surface area contributed by atoms with E-state index in [1.807, 2.05) is 0 Å². The molecule has 6 aromatic carbocycles. The van der Waals surface area contributed by atoms with Crippen LogP contribution in [0.25, 0.3) is 60.5 Å². The van der Waals surface area contributed by atoms with Crippen LogP contribution in [-0.2, 0) is 9.47 Å². The first-order valence-corrected chi connectivity index (χ1v) is 17.0. The summed E-state index contributed by atoms with van der Waals surface area (Å²) >= 11 is 0. The van der Waals surface area contributed by atoms with Crippen LogP contribution >= 0.6 is 0 Å². The van der Waals surface area contributed by atoms with Gasteiger partial charge in [-0.1, -0.05) is 78.9 Å². The molecule has 3 heterocycles. The summed E-state index contributed by atoms with van der Waals surface area (Å²) in [4.78, 5) is 9.43. The molecule has 9 rings (SSSR count). The van der Waals surface area contributed by atoms with E-state index in [1.165, 1.54) is 27.1 Å². The zero-order valence-electron chi connectivity index (χ0n) is 28.2. The van der Waals surface area contributed by atoms with Crippen molar-refractivity contribution in [2.45, 2.75) is 38.9 Å². The average Bonchev–Trinajstić information content (AvgIpc) is 3.79. The van der Waals surface area contributed by atoms with Crippen molar-refractivity contribution in [2.24, 2.45) is 9.98 Å². The van der Waals surface area contributed by atoms with Crippen LogP contribution in [0.1, 0.15) is 38.8 Å². The summed E-state index contributed by atoms with van der Waals surface area (Å²) in [6.07, 6.45) is 0. The summed E-state index contributed by atoms with van der Waals surface area (Å²) in [5, 5.41) is 4.91. The van der Waals surface area contributed by atoms with E-state index in [1.54, 1.807) is 0 Å². The molecule has 0 saturated carbocycles. The second-order valence-electron chi connectivity index (χ2n) is 14.4. The van der Waals surface area contributed by atoms with Crippen LogP contribution in [0.4, 0.5) is 0 Å². The number of aromatic nitrogens is 1. The Balaban J connectivity index is 1.27. The van der Waals surface area contributed by atoms with Gasteiger partial charge in [-0.05, 0) is 109 Å². The monoisotopic (exact) mass is 639 g/mol. The minimum Gasteiger partial charge on any atom is -0.469 e. The van der Waals surface area contributed by atoms with E-state index in [4.69, 9.17) is 19.5 Å². The van der Waals surface area contributed by atoms with Gasteiger partial charge in [0.1, 0.15) is 11.2 Å². The van der Waals surface area contributed by atoms with Crippen LogP contribution in [-0.4, -0.2) is 40.7 Å². The molecule has 2 aliphatic rings. The lowest BCUT2D eigenvalue weighted by molar-refractivity contribution is 0.131. The number of rotatable bonds is 5. The van der Waals surface area contributed by atoms with Crippen molar-refractivity contribution < 1.29 is 9.47 Å². The third-order valence-electron chi connectivity index (χ3n) is 9.60. The zero-order valence-corrected chi connectivity index (χ0v) is 28.2. The van der Waals surface area contributed by atoms with Gasteiger partial charge in [-0.3, -0.25) is 0 Å². The van der Waals surface area contributed by atoms with Gasteiger partial charge in [0, 0.05) is 27.6 Å². The molecule has 1 aromatic heterocycles. The van der Waals surface area contributed by atoms with Crippen LogP contribution < -0.4 is 0 Å². The minimum absolute atomic E-state index is 0.279. The van der Waals surface area contributed by atoms with Crippen LogP contribution in [0.2, 0.25) is 0 Å². The van der Waals surface area contributed by atoms with Gasteiger partial charge < -0.3 is 14.0 Å². The van der Waals surface area contributed by atoms with Crippen molar-refractivity contribution in [3.63, 3.8) is 0 Å². The molecule has 0 atom stereocenters. The fourth-order valence-corrected chi connectivity index (χ4v) is 7.28. The highest BCUT2D eigenvalue weighted by molar-refractivity contribution is 6.24. The summed E-state index contributed by atoms with van der Waals surface area (Å²) in [7, 11) is 0. The molecule has 0 unspecified atom stereocenters.